The summed E-state index contributed by atoms with van der Waals surface area (Å²) >= 11 is 0. The van der Waals surface area contributed by atoms with Crippen molar-refractivity contribution in [2.24, 2.45) is 0 Å². The van der Waals surface area contributed by atoms with Crippen molar-refractivity contribution in [3.05, 3.63) is 59.8 Å². The summed E-state index contributed by atoms with van der Waals surface area (Å²) in [6.45, 7) is 6.75. The van der Waals surface area contributed by atoms with E-state index in [0.717, 1.165) is 32.8 Å². The SMILES string of the molecule is CCOc1ccccc1NC1=C(c2ccc(OC)cc2)C(=O)N(CCCN2CCOCC2)C1=O. The predicted molar refractivity (Wildman–Crippen MR) is 130 cm³/mol. The Morgan fingerprint density at radius 3 is 2.41 bits per heavy atom. The van der Waals surface area contributed by atoms with Gasteiger partial charge in [0.05, 0.1) is 38.2 Å². The molecule has 4 rings (SSSR count). The van der Waals surface area contributed by atoms with Gasteiger partial charge in [0.15, 0.2) is 0 Å². The van der Waals surface area contributed by atoms with Crippen molar-refractivity contribution in [3.8, 4) is 11.5 Å². The Hall–Kier alpha value is -3.36. The van der Waals surface area contributed by atoms with Gasteiger partial charge in [0.2, 0.25) is 0 Å². The second-order valence-electron chi connectivity index (χ2n) is 8.10. The van der Waals surface area contributed by atoms with Gasteiger partial charge < -0.3 is 19.5 Å². The molecule has 180 valence electrons. The molecule has 1 N–H and O–H groups in total. The lowest BCUT2D eigenvalue weighted by Gasteiger charge is -2.27. The van der Waals surface area contributed by atoms with E-state index in [0.29, 0.717) is 47.9 Å². The lowest BCUT2D eigenvalue weighted by Crippen LogP contribution is -2.39. The number of rotatable bonds is 10. The Kier molecular flexibility index (Phi) is 7.82. The van der Waals surface area contributed by atoms with Gasteiger partial charge in [0.1, 0.15) is 17.2 Å². The lowest BCUT2D eigenvalue weighted by molar-refractivity contribution is -0.136. The van der Waals surface area contributed by atoms with Crippen LogP contribution in [0.5, 0.6) is 11.5 Å². The Morgan fingerprint density at radius 2 is 1.71 bits per heavy atom. The number of benzene rings is 2. The number of hydrogen-bond donors (Lipinski definition) is 1. The fraction of sp³-hybridized carbons (Fsp3) is 0.385. The van der Waals surface area contributed by atoms with Crippen LogP contribution in [0, 0.1) is 0 Å². The quantitative estimate of drug-likeness (QED) is 0.541. The van der Waals surface area contributed by atoms with E-state index >= 15 is 0 Å². The molecule has 2 aliphatic heterocycles. The maximum absolute atomic E-state index is 13.5. The molecule has 0 aliphatic carbocycles. The molecule has 1 saturated heterocycles. The van der Waals surface area contributed by atoms with E-state index in [9.17, 15) is 9.59 Å². The number of nitrogens with zero attached hydrogens (tertiary/aromatic N) is 2. The Morgan fingerprint density at radius 1 is 0.971 bits per heavy atom. The van der Waals surface area contributed by atoms with Gasteiger partial charge in [-0.1, -0.05) is 24.3 Å². The van der Waals surface area contributed by atoms with Crippen molar-refractivity contribution in [1.29, 1.82) is 0 Å². The number of ether oxygens (including phenoxy) is 3. The summed E-state index contributed by atoms with van der Waals surface area (Å²) in [6, 6.07) is 14.6. The summed E-state index contributed by atoms with van der Waals surface area (Å²) in [6.07, 6.45) is 0.705. The van der Waals surface area contributed by atoms with Crippen LogP contribution >= 0.6 is 0 Å². The standard InChI is InChI=1S/C26H31N3O5/c1-3-34-22-8-5-4-7-21(22)27-24-23(19-9-11-20(32-2)12-10-19)25(30)29(26(24)31)14-6-13-28-15-17-33-18-16-28/h4-5,7-12,27H,3,6,13-18H2,1-2H3. The number of methoxy groups -OCH3 is 1. The number of para-hydroxylation sites is 2. The first-order chi connectivity index (χ1) is 16.6. The molecule has 0 atom stereocenters. The van der Waals surface area contributed by atoms with Crippen molar-refractivity contribution < 1.29 is 23.8 Å². The largest absolute Gasteiger partial charge is 0.497 e. The van der Waals surface area contributed by atoms with Crippen LogP contribution in [0.3, 0.4) is 0 Å². The molecular formula is C26H31N3O5. The molecule has 0 saturated carbocycles. The minimum absolute atomic E-state index is 0.258. The van der Waals surface area contributed by atoms with Gasteiger partial charge >= 0.3 is 0 Å². The number of hydrogen-bond acceptors (Lipinski definition) is 7. The lowest BCUT2D eigenvalue weighted by atomic mass is 10.0. The minimum Gasteiger partial charge on any atom is -0.497 e. The molecule has 0 aromatic heterocycles. The topological polar surface area (TPSA) is 80.3 Å². The second-order valence-corrected chi connectivity index (χ2v) is 8.10. The number of carbonyl (C=O) groups is 2. The van der Waals surface area contributed by atoms with Crippen molar-refractivity contribution in [2.75, 3.05) is 58.4 Å². The van der Waals surface area contributed by atoms with Crippen molar-refractivity contribution in [1.82, 2.24) is 9.80 Å². The van der Waals surface area contributed by atoms with Crippen molar-refractivity contribution in [3.63, 3.8) is 0 Å². The third kappa shape index (κ3) is 5.24. The zero-order valence-electron chi connectivity index (χ0n) is 19.7. The van der Waals surface area contributed by atoms with Crippen molar-refractivity contribution >= 4 is 23.1 Å². The van der Waals surface area contributed by atoms with Crippen molar-refractivity contribution in [2.45, 2.75) is 13.3 Å². The van der Waals surface area contributed by atoms with E-state index in [-0.39, 0.29) is 17.5 Å². The van der Waals surface area contributed by atoms with Crippen LogP contribution < -0.4 is 14.8 Å². The van der Waals surface area contributed by atoms with Gasteiger partial charge in [-0.2, -0.15) is 0 Å². The molecule has 8 nitrogen and oxygen atoms in total. The molecular weight excluding hydrogens is 434 g/mol. The van der Waals surface area contributed by atoms with E-state index in [1.807, 2.05) is 31.2 Å². The summed E-state index contributed by atoms with van der Waals surface area (Å²) in [7, 11) is 1.59. The van der Waals surface area contributed by atoms with Gasteiger partial charge in [-0.15, -0.1) is 0 Å². The van der Waals surface area contributed by atoms with Gasteiger partial charge in [-0.05, 0) is 43.2 Å². The highest BCUT2D eigenvalue weighted by Crippen LogP contribution is 2.34. The Balaban J connectivity index is 1.59. The molecule has 2 aromatic rings. The summed E-state index contributed by atoms with van der Waals surface area (Å²) in [5.74, 6) is 0.676. The minimum atomic E-state index is -0.330. The van der Waals surface area contributed by atoms with Crippen LogP contribution in [0.25, 0.3) is 5.57 Å². The number of amides is 2. The van der Waals surface area contributed by atoms with Gasteiger partial charge in [0.25, 0.3) is 11.8 Å². The summed E-state index contributed by atoms with van der Waals surface area (Å²) < 4.78 is 16.4. The number of carbonyl (C=O) groups excluding carboxylic acids is 2. The Bertz CT molecular complexity index is 1040. The molecule has 0 bridgehead atoms. The van der Waals surface area contributed by atoms with E-state index in [1.54, 1.807) is 31.4 Å². The van der Waals surface area contributed by atoms with E-state index in [1.165, 1.54) is 4.90 Å². The van der Waals surface area contributed by atoms with Crippen LogP contribution in [0.15, 0.2) is 54.2 Å². The highest BCUT2D eigenvalue weighted by Gasteiger charge is 2.39. The van der Waals surface area contributed by atoms with E-state index in [4.69, 9.17) is 14.2 Å². The number of imide groups is 1. The second kappa shape index (κ2) is 11.2. The first kappa shape index (κ1) is 23.8. The van der Waals surface area contributed by atoms with Crippen LogP contribution in [-0.2, 0) is 14.3 Å². The average Bonchev–Trinajstić information content (AvgIpc) is 3.10. The normalized spacial score (nSPS) is 16.8. The van der Waals surface area contributed by atoms with E-state index < -0.39 is 0 Å². The van der Waals surface area contributed by atoms with Gasteiger partial charge in [-0.25, -0.2) is 0 Å². The molecule has 0 radical (unpaired) electrons. The van der Waals surface area contributed by atoms with Gasteiger partial charge in [0, 0.05) is 26.2 Å². The first-order valence-corrected chi connectivity index (χ1v) is 11.7. The van der Waals surface area contributed by atoms with Crippen LogP contribution in [0.2, 0.25) is 0 Å². The maximum atomic E-state index is 13.5. The summed E-state index contributed by atoms with van der Waals surface area (Å²) in [5.41, 5.74) is 1.91. The molecule has 0 unspecified atom stereocenters. The third-order valence-electron chi connectivity index (χ3n) is 5.95. The first-order valence-electron chi connectivity index (χ1n) is 11.7. The summed E-state index contributed by atoms with van der Waals surface area (Å²) in [4.78, 5) is 30.6. The number of anilines is 1. The average molecular weight is 466 g/mol. The molecule has 2 aliphatic rings. The molecule has 2 aromatic carbocycles. The Labute approximate surface area is 200 Å². The van der Waals surface area contributed by atoms with Crippen LogP contribution in [-0.4, -0.2) is 74.7 Å². The fourth-order valence-corrected chi connectivity index (χ4v) is 4.18. The fourth-order valence-electron chi connectivity index (χ4n) is 4.18. The molecule has 34 heavy (non-hydrogen) atoms. The summed E-state index contributed by atoms with van der Waals surface area (Å²) in [5, 5.41) is 3.21. The monoisotopic (exact) mass is 465 g/mol. The van der Waals surface area contributed by atoms with Crippen LogP contribution in [0.4, 0.5) is 5.69 Å². The van der Waals surface area contributed by atoms with E-state index in [2.05, 4.69) is 10.2 Å². The molecule has 2 heterocycles. The maximum Gasteiger partial charge on any atom is 0.278 e. The zero-order chi connectivity index (χ0) is 23.9. The number of morpholine rings is 1. The zero-order valence-corrected chi connectivity index (χ0v) is 19.7. The molecule has 2 amide bonds. The molecule has 0 spiro atoms. The highest BCUT2D eigenvalue weighted by atomic mass is 16.5. The van der Waals surface area contributed by atoms with Gasteiger partial charge in [-0.3, -0.25) is 19.4 Å². The predicted octanol–water partition coefficient (Wildman–Crippen LogP) is 3.01. The molecule has 1 fully saturated rings. The molecule has 8 heteroatoms. The third-order valence-corrected chi connectivity index (χ3v) is 5.95. The smallest absolute Gasteiger partial charge is 0.278 e. The number of nitrogens with one attached hydrogen (secondary N) is 1. The van der Waals surface area contributed by atoms with Crippen LogP contribution in [0.1, 0.15) is 18.9 Å². The highest BCUT2D eigenvalue weighted by molar-refractivity contribution is 6.36.